The normalized spacial score (nSPS) is 19.3. The van der Waals surface area contributed by atoms with E-state index in [1.54, 1.807) is 0 Å². The minimum absolute atomic E-state index is 0.247. The van der Waals surface area contributed by atoms with Crippen molar-refractivity contribution >= 4 is 0 Å². The van der Waals surface area contributed by atoms with Gasteiger partial charge in [0.05, 0.1) is 0 Å². The summed E-state index contributed by atoms with van der Waals surface area (Å²) in [5.41, 5.74) is 0.247. The Labute approximate surface area is 114 Å². The first-order valence-electron chi connectivity index (χ1n) is 7.85. The summed E-state index contributed by atoms with van der Waals surface area (Å²) in [7, 11) is 0. The van der Waals surface area contributed by atoms with Gasteiger partial charge in [0.1, 0.15) is 0 Å². The van der Waals surface area contributed by atoms with E-state index in [2.05, 4.69) is 33.0 Å². The molecule has 0 aromatic carbocycles. The summed E-state index contributed by atoms with van der Waals surface area (Å²) in [6.45, 7) is 11.8. The van der Waals surface area contributed by atoms with Gasteiger partial charge >= 0.3 is 0 Å². The molecule has 1 unspecified atom stereocenters. The smallest absolute Gasteiger partial charge is 0.0466 e. The van der Waals surface area contributed by atoms with Gasteiger partial charge in [0.25, 0.3) is 0 Å². The maximum atomic E-state index is 5.47. The lowest BCUT2D eigenvalue weighted by molar-refractivity contribution is 0.134. The molecule has 1 aliphatic carbocycles. The van der Waals surface area contributed by atoms with Crippen LogP contribution in [0.2, 0.25) is 0 Å². The number of rotatable bonds is 8. The molecule has 0 heterocycles. The van der Waals surface area contributed by atoms with E-state index in [0.29, 0.717) is 0 Å². The molecule has 1 aliphatic rings. The monoisotopic (exact) mass is 255 g/mol. The zero-order chi connectivity index (χ0) is 13.4. The van der Waals surface area contributed by atoms with Crippen molar-refractivity contribution in [3.8, 4) is 0 Å². The molecule has 0 aromatic heterocycles. The van der Waals surface area contributed by atoms with Crippen molar-refractivity contribution in [3.63, 3.8) is 0 Å². The summed E-state index contributed by atoms with van der Waals surface area (Å²) in [6, 6.07) is 0. The van der Waals surface area contributed by atoms with Crippen LogP contribution in [0.15, 0.2) is 0 Å². The SMILES string of the molecule is CCOCCCC(CNC(C)(C)C)C1CCCC1. The number of nitrogens with one attached hydrogen (secondary N) is 1. The topological polar surface area (TPSA) is 21.3 Å². The van der Waals surface area contributed by atoms with Crippen molar-refractivity contribution in [2.75, 3.05) is 19.8 Å². The first-order chi connectivity index (χ1) is 8.53. The second-order valence-electron chi connectivity index (χ2n) is 6.77. The molecular formula is C16H33NO. The van der Waals surface area contributed by atoms with E-state index in [0.717, 1.165) is 25.0 Å². The van der Waals surface area contributed by atoms with Crippen LogP contribution in [-0.2, 0) is 4.74 Å². The summed E-state index contributed by atoms with van der Waals surface area (Å²) in [4.78, 5) is 0. The number of hydrogen-bond donors (Lipinski definition) is 1. The largest absolute Gasteiger partial charge is 0.382 e. The second-order valence-corrected chi connectivity index (χ2v) is 6.77. The molecule has 0 spiro atoms. The van der Waals surface area contributed by atoms with E-state index in [1.807, 2.05) is 0 Å². The minimum Gasteiger partial charge on any atom is -0.382 e. The third kappa shape index (κ3) is 6.75. The van der Waals surface area contributed by atoms with E-state index in [1.165, 1.54) is 45.1 Å². The highest BCUT2D eigenvalue weighted by Gasteiger charge is 2.25. The second kappa shape index (κ2) is 8.16. The molecule has 0 aliphatic heterocycles. The Hall–Kier alpha value is -0.0800. The van der Waals surface area contributed by atoms with Gasteiger partial charge in [-0.05, 0) is 58.9 Å². The fraction of sp³-hybridized carbons (Fsp3) is 1.00. The maximum absolute atomic E-state index is 5.47. The van der Waals surface area contributed by atoms with Crippen LogP contribution >= 0.6 is 0 Å². The molecule has 0 bridgehead atoms. The third-order valence-electron chi connectivity index (χ3n) is 4.03. The van der Waals surface area contributed by atoms with Crippen molar-refractivity contribution in [2.45, 2.75) is 71.8 Å². The molecule has 1 N–H and O–H groups in total. The fourth-order valence-corrected chi connectivity index (χ4v) is 2.96. The van der Waals surface area contributed by atoms with E-state index in [9.17, 15) is 0 Å². The molecule has 2 heteroatoms. The first kappa shape index (κ1) is 16.0. The molecule has 0 amide bonds. The van der Waals surface area contributed by atoms with Gasteiger partial charge in [-0.2, -0.15) is 0 Å². The van der Waals surface area contributed by atoms with Crippen LogP contribution in [-0.4, -0.2) is 25.3 Å². The Morgan fingerprint density at radius 1 is 1.22 bits per heavy atom. The molecule has 0 radical (unpaired) electrons. The summed E-state index contributed by atoms with van der Waals surface area (Å²) in [5.74, 6) is 1.81. The summed E-state index contributed by atoms with van der Waals surface area (Å²) in [5, 5.41) is 3.70. The molecule has 1 atom stereocenters. The van der Waals surface area contributed by atoms with Gasteiger partial charge in [0.15, 0.2) is 0 Å². The van der Waals surface area contributed by atoms with Gasteiger partial charge in [-0.25, -0.2) is 0 Å². The van der Waals surface area contributed by atoms with E-state index >= 15 is 0 Å². The van der Waals surface area contributed by atoms with Gasteiger partial charge in [0, 0.05) is 18.8 Å². The standard InChI is InChI=1S/C16H33NO/c1-5-18-12-8-11-15(13-17-16(2,3)4)14-9-6-7-10-14/h14-15,17H,5-13H2,1-4H3. The predicted molar refractivity (Wildman–Crippen MR) is 78.9 cm³/mol. The van der Waals surface area contributed by atoms with Crippen LogP contribution < -0.4 is 5.32 Å². The third-order valence-corrected chi connectivity index (χ3v) is 4.03. The first-order valence-corrected chi connectivity index (χ1v) is 7.85. The van der Waals surface area contributed by atoms with E-state index in [4.69, 9.17) is 4.74 Å². The van der Waals surface area contributed by atoms with Crippen LogP contribution in [0.1, 0.15) is 66.2 Å². The van der Waals surface area contributed by atoms with Crippen molar-refractivity contribution in [1.82, 2.24) is 5.32 Å². The van der Waals surface area contributed by atoms with Crippen molar-refractivity contribution in [2.24, 2.45) is 11.8 Å². The summed E-state index contributed by atoms with van der Waals surface area (Å²) >= 11 is 0. The molecule has 1 rings (SSSR count). The quantitative estimate of drug-likeness (QED) is 0.662. The maximum Gasteiger partial charge on any atom is 0.0466 e. The fourth-order valence-electron chi connectivity index (χ4n) is 2.96. The van der Waals surface area contributed by atoms with Crippen LogP contribution in [0.3, 0.4) is 0 Å². The number of ether oxygens (including phenoxy) is 1. The Morgan fingerprint density at radius 3 is 2.44 bits per heavy atom. The van der Waals surface area contributed by atoms with Crippen LogP contribution in [0.4, 0.5) is 0 Å². The lowest BCUT2D eigenvalue weighted by Crippen LogP contribution is -2.40. The highest BCUT2D eigenvalue weighted by molar-refractivity contribution is 4.80. The molecule has 18 heavy (non-hydrogen) atoms. The van der Waals surface area contributed by atoms with Gasteiger partial charge < -0.3 is 10.1 Å². The lowest BCUT2D eigenvalue weighted by atomic mass is 9.86. The highest BCUT2D eigenvalue weighted by Crippen LogP contribution is 2.33. The zero-order valence-electron chi connectivity index (χ0n) is 12.9. The Kier molecular flexibility index (Phi) is 7.25. The summed E-state index contributed by atoms with van der Waals surface area (Å²) < 4.78 is 5.47. The van der Waals surface area contributed by atoms with Crippen LogP contribution in [0.5, 0.6) is 0 Å². The average Bonchev–Trinajstić information content (AvgIpc) is 2.80. The molecular weight excluding hydrogens is 222 g/mol. The molecule has 1 fully saturated rings. The predicted octanol–water partition coefficient (Wildman–Crippen LogP) is 4.00. The van der Waals surface area contributed by atoms with Crippen molar-refractivity contribution in [1.29, 1.82) is 0 Å². The Bertz CT molecular complexity index is 204. The number of hydrogen-bond acceptors (Lipinski definition) is 2. The zero-order valence-corrected chi connectivity index (χ0v) is 12.9. The van der Waals surface area contributed by atoms with E-state index < -0.39 is 0 Å². The van der Waals surface area contributed by atoms with Crippen LogP contribution in [0, 0.1) is 11.8 Å². The molecule has 0 saturated heterocycles. The lowest BCUT2D eigenvalue weighted by Gasteiger charge is -2.29. The Balaban J connectivity index is 2.31. The van der Waals surface area contributed by atoms with Gasteiger partial charge in [-0.1, -0.05) is 25.7 Å². The minimum atomic E-state index is 0.247. The highest BCUT2D eigenvalue weighted by atomic mass is 16.5. The Morgan fingerprint density at radius 2 is 1.89 bits per heavy atom. The van der Waals surface area contributed by atoms with Crippen LogP contribution in [0.25, 0.3) is 0 Å². The molecule has 108 valence electrons. The molecule has 1 saturated carbocycles. The van der Waals surface area contributed by atoms with Gasteiger partial charge in [-0.15, -0.1) is 0 Å². The van der Waals surface area contributed by atoms with Gasteiger partial charge in [0.2, 0.25) is 0 Å². The summed E-state index contributed by atoms with van der Waals surface area (Å²) in [6.07, 6.45) is 8.34. The van der Waals surface area contributed by atoms with Crippen molar-refractivity contribution < 1.29 is 4.74 Å². The van der Waals surface area contributed by atoms with E-state index in [-0.39, 0.29) is 5.54 Å². The van der Waals surface area contributed by atoms with Gasteiger partial charge in [-0.3, -0.25) is 0 Å². The average molecular weight is 255 g/mol. The van der Waals surface area contributed by atoms with Crippen molar-refractivity contribution in [3.05, 3.63) is 0 Å². The molecule has 0 aromatic rings. The molecule has 2 nitrogen and oxygen atoms in total.